The number of hydrogen-bond donors (Lipinski definition) is 1. The standard InChI is InChI=1S/C22H22FN3O3/c1-14-5-6-16(13-25-14)15-9-10-24-20(11-15)28-17-7-8-19(18(23)12-17)26-21(27)29-22(2,3)4/h5-13H,1-4H3,(H,26,27). The summed E-state index contributed by atoms with van der Waals surface area (Å²) in [6, 6.07) is 11.6. The molecule has 1 N–H and O–H groups in total. The van der Waals surface area contributed by atoms with Gasteiger partial charge in [0.2, 0.25) is 5.88 Å². The second kappa shape index (κ2) is 8.26. The van der Waals surface area contributed by atoms with Gasteiger partial charge in [0.25, 0.3) is 0 Å². The zero-order chi connectivity index (χ0) is 21.0. The number of nitrogens with one attached hydrogen (secondary N) is 1. The number of anilines is 1. The molecular weight excluding hydrogens is 373 g/mol. The second-order valence-electron chi connectivity index (χ2n) is 7.44. The molecule has 0 bridgehead atoms. The zero-order valence-electron chi connectivity index (χ0n) is 16.7. The third-order valence-corrected chi connectivity index (χ3v) is 3.78. The molecule has 7 heteroatoms. The van der Waals surface area contributed by atoms with Crippen molar-refractivity contribution >= 4 is 11.8 Å². The van der Waals surface area contributed by atoms with Crippen molar-refractivity contribution in [3.8, 4) is 22.8 Å². The van der Waals surface area contributed by atoms with Gasteiger partial charge in [0.1, 0.15) is 11.4 Å². The van der Waals surface area contributed by atoms with E-state index in [0.29, 0.717) is 5.88 Å². The third kappa shape index (κ3) is 5.75. The lowest BCUT2D eigenvalue weighted by molar-refractivity contribution is 0.0635. The summed E-state index contributed by atoms with van der Waals surface area (Å²) in [4.78, 5) is 20.2. The Labute approximate surface area is 168 Å². The van der Waals surface area contributed by atoms with E-state index in [9.17, 15) is 9.18 Å². The maximum atomic E-state index is 14.3. The Morgan fingerprint density at radius 1 is 1.03 bits per heavy atom. The molecule has 0 saturated carbocycles. The molecule has 0 radical (unpaired) electrons. The van der Waals surface area contributed by atoms with Crippen LogP contribution in [0.15, 0.2) is 54.9 Å². The molecule has 3 rings (SSSR count). The van der Waals surface area contributed by atoms with E-state index in [1.807, 2.05) is 25.1 Å². The summed E-state index contributed by atoms with van der Waals surface area (Å²) >= 11 is 0. The molecule has 2 heterocycles. The number of nitrogens with zero attached hydrogens (tertiary/aromatic N) is 2. The van der Waals surface area contributed by atoms with Gasteiger partial charge in [-0.15, -0.1) is 0 Å². The van der Waals surface area contributed by atoms with E-state index in [-0.39, 0.29) is 11.4 Å². The Bertz CT molecular complexity index is 1010. The molecule has 0 spiro atoms. The van der Waals surface area contributed by atoms with Gasteiger partial charge in [-0.1, -0.05) is 6.07 Å². The quantitative estimate of drug-likeness (QED) is 0.611. The lowest BCUT2D eigenvalue weighted by atomic mass is 10.1. The first-order valence-corrected chi connectivity index (χ1v) is 9.06. The number of benzene rings is 1. The van der Waals surface area contributed by atoms with Crippen LogP contribution >= 0.6 is 0 Å². The van der Waals surface area contributed by atoms with Crippen molar-refractivity contribution in [3.05, 3.63) is 66.4 Å². The summed E-state index contributed by atoms with van der Waals surface area (Å²) in [7, 11) is 0. The van der Waals surface area contributed by atoms with Crippen molar-refractivity contribution < 1.29 is 18.7 Å². The summed E-state index contributed by atoms with van der Waals surface area (Å²) in [6.45, 7) is 7.11. The topological polar surface area (TPSA) is 73.3 Å². The van der Waals surface area contributed by atoms with Gasteiger partial charge in [0, 0.05) is 35.8 Å². The molecule has 0 atom stereocenters. The molecule has 6 nitrogen and oxygen atoms in total. The van der Waals surface area contributed by atoms with Gasteiger partial charge in [0.05, 0.1) is 5.69 Å². The fraction of sp³-hybridized carbons (Fsp3) is 0.227. The van der Waals surface area contributed by atoms with Crippen LogP contribution in [0.5, 0.6) is 11.6 Å². The number of aromatic nitrogens is 2. The van der Waals surface area contributed by atoms with Crippen LogP contribution in [0.25, 0.3) is 11.1 Å². The molecule has 0 aliphatic heterocycles. The van der Waals surface area contributed by atoms with Crippen LogP contribution in [0.4, 0.5) is 14.9 Å². The smallest absolute Gasteiger partial charge is 0.412 e. The molecule has 1 amide bonds. The second-order valence-corrected chi connectivity index (χ2v) is 7.44. The van der Waals surface area contributed by atoms with Crippen molar-refractivity contribution in [3.63, 3.8) is 0 Å². The number of amides is 1. The van der Waals surface area contributed by atoms with Gasteiger partial charge >= 0.3 is 6.09 Å². The highest BCUT2D eigenvalue weighted by atomic mass is 19.1. The van der Waals surface area contributed by atoms with Crippen LogP contribution in [-0.4, -0.2) is 21.7 Å². The van der Waals surface area contributed by atoms with Crippen LogP contribution in [0.3, 0.4) is 0 Å². The Morgan fingerprint density at radius 3 is 2.48 bits per heavy atom. The number of halogens is 1. The molecule has 3 aromatic rings. The van der Waals surface area contributed by atoms with E-state index in [1.54, 1.807) is 39.2 Å². The van der Waals surface area contributed by atoms with Gasteiger partial charge in [-0.2, -0.15) is 0 Å². The van der Waals surface area contributed by atoms with Gasteiger partial charge < -0.3 is 9.47 Å². The summed E-state index contributed by atoms with van der Waals surface area (Å²) in [5, 5.41) is 2.38. The van der Waals surface area contributed by atoms with E-state index >= 15 is 0 Å². The zero-order valence-corrected chi connectivity index (χ0v) is 16.7. The minimum Gasteiger partial charge on any atom is -0.444 e. The molecule has 29 heavy (non-hydrogen) atoms. The lowest BCUT2D eigenvalue weighted by Gasteiger charge is -2.19. The number of pyridine rings is 2. The first-order chi connectivity index (χ1) is 13.7. The maximum Gasteiger partial charge on any atom is 0.412 e. The van der Waals surface area contributed by atoms with Gasteiger partial charge in [-0.25, -0.2) is 14.2 Å². The Balaban J connectivity index is 1.72. The van der Waals surface area contributed by atoms with Crippen LogP contribution < -0.4 is 10.1 Å². The van der Waals surface area contributed by atoms with E-state index in [1.165, 1.54) is 18.2 Å². The van der Waals surface area contributed by atoms with Gasteiger partial charge in [0.15, 0.2) is 5.82 Å². The van der Waals surface area contributed by atoms with Gasteiger partial charge in [-0.05, 0) is 57.5 Å². The molecule has 0 unspecified atom stereocenters. The lowest BCUT2D eigenvalue weighted by Crippen LogP contribution is -2.27. The summed E-state index contributed by atoms with van der Waals surface area (Å²) < 4.78 is 25.1. The fourth-order valence-electron chi connectivity index (χ4n) is 2.48. The van der Waals surface area contributed by atoms with Crippen molar-refractivity contribution in [1.29, 1.82) is 0 Å². The monoisotopic (exact) mass is 395 g/mol. The van der Waals surface area contributed by atoms with Crippen LogP contribution in [0.1, 0.15) is 26.5 Å². The van der Waals surface area contributed by atoms with Crippen molar-refractivity contribution in [2.75, 3.05) is 5.32 Å². The number of rotatable bonds is 4. The van der Waals surface area contributed by atoms with Crippen LogP contribution in [0, 0.1) is 12.7 Å². The first-order valence-electron chi connectivity index (χ1n) is 9.06. The minimum atomic E-state index is -0.730. The molecule has 0 aliphatic carbocycles. The predicted molar refractivity (Wildman–Crippen MR) is 109 cm³/mol. The molecule has 0 saturated heterocycles. The third-order valence-electron chi connectivity index (χ3n) is 3.78. The molecule has 0 aliphatic rings. The van der Waals surface area contributed by atoms with Crippen LogP contribution in [-0.2, 0) is 4.74 Å². The first kappa shape index (κ1) is 20.3. The molecule has 0 fully saturated rings. The highest BCUT2D eigenvalue weighted by molar-refractivity contribution is 5.85. The van der Waals surface area contributed by atoms with E-state index in [4.69, 9.17) is 9.47 Å². The summed E-state index contributed by atoms with van der Waals surface area (Å²) in [6.07, 6.45) is 2.65. The minimum absolute atomic E-state index is 0.000889. The number of carbonyl (C=O) groups excluding carboxylic acids is 1. The average molecular weight is 395 g/mol. The van der Waals surface area contributed by atoms with Gasteiger partial charge in [-0.3, -0.25) is 10.3 Å². The Morgan fingerprint density at radius 2 is 1.83 bits per heavy atom. The highest BCUT2D eigenvalue weighted by Gasteiger charge is 2.17. The molecule has 150 valence electrons. The maximum absolute atomic E-state index is 14.3. The predicted octanol–water partition coefficient (Wildman–Crippen LogP) is 5.73. The molecular formula is C22H22FN3O3. The van der Waals surface area contributed by atoms with Crippen molar-refractivity contribution in [2.45, 2.75) is 33.3 Å². The number of carbonyl (C=O) groups is 1. The van der Waals surface area contributed by atoms with E-state index in [0.717, 1.165) is 16.8 Å². The number of aryl methyl sites for hydroxylation is 1. The molecule has 1 aromatic carbocycles. The van der Waals surface area contributed by atoms with E-state index < -0.39 is 17.5 Å². The number of hydrogen-bond acceptors (Lipinski definition) is 5. The Hall–Kier alpha value is -3.48. The molecule has 2 aromatic heterocycles. The van der Waals surface area contributed by atoms with Crippen molar-refractivity contribution in [2.24, 2.45) is 0 Å². The van der Waals surface area contributed by atoms with E-state index in [2.05, 4.69) is 15.3 Å². The largest absolute Gasteiger partial charge is 0.444 e. The number of ether oxygens (including phenoxy) is 2. The Kier molecular flexibility index (Phi) is 5.77. The fourth-order valence-corrected chi connectivity index (χ4v) is 2.48. The SMILES string of the molecule is Cc1ccc(-c2ccnc(Oc3ccc(NC(=O)OC(C)(C)C)c(F)c3)c2)cn1. The average Bonchev–Trinajstić information content (AvgIpc) is 2.63. The normalized spacial score (nSPS) is 11.1. The summed E-state index contributed by atoms with van der Waals surface area (Å²) in [5.74, 6) is -0.0773. The van der Waals surface area contributed by atoms with Crippen LogP contribution in [0.2, 0.25) is 0 Å². The summed E-state index contributed by atoms with van der Waals surface area (Å²) in [5.41, 5.74) is 2.05. The van der Waals surface area contributed by atoms with Crippen molar-refractivity contribution in [1.82, 2.24) is 9.97 Å². The highest BCUT2D eigenvalue weighted by Crippen LogP contribution is 2.27.